The van der Waals surface area contributed by atoms with Crippen molar-refractivity contribution in [2.24, 2.45) is 5.41 Å². The highest BCUT2D eigenvalue weighted by atomic mass is 16.5. The molecule has 6 heteroatoms. The van der Waals surface area contributed by atoms with Crippen LogP contribution in [0, 0.1) is 5.41 Å². The van der Waals surface area contributed by atoms with E-state index in [0.717, 1.165) is 24.8 Å². The third-order valence-electron chi connectivity index (χ3n) is 5.39. The first-order chi connectivity index (χ1) is 12.5. The molecule has 1 N–H and O–H groups in total. The highest BCUT2D eigenvalue weighted by Gasteiger charge is 2.54. The number of carbonyl (C=O) groups is 2. The first kappa shape index (κ1) is 18.3. The minimum atomic E-state index is -0.381. The predicted octanol–water partition coefficient (Wildman–Crippen LogP) is 1.93. The lowest BCUT2D eigenvalue weighted by Crippen LogP contribution is -2.45. The van der Waals surface area contributed by atoms with Gasteiger partial charge < -0.3 is 19.7 Å². The first-order valence-electron chi connectivity index (χ1n) is 8.93. The molecule has 1 aliphatic carbocycles. The van der Waals surface area contributed by atoms with E-state index in [1.54, 1.807) is 19.1 Å². The Labute approximate surface area is 154 Å². The number of amides is 2. The van der Waals surface area contributed by atoms with Crippen molar-refractivity contribution < 1.29 is 19.1 Å². The van der Waals surface area contributed by atoms with Gasteiger partial charge in [0.25, 0.3) is 0 Å². The summed E-state index contributed by atoms with van der Waals surface area (Å²) < 4.78 is 10.5. The van der Waals surface area contributed by atoms with E-state index in [2.05, 4.69) is 11.9 Å². The monoisotopic (exact) mass is 358 g/mol. The summed E-state index contributed by atoms with van der Waals surface area (Å²) in [4.78, 5) is 26.4. The van der Waals surface area contributed by atoms with Gasteiger partial charge in [0, 0.05) is 13.1 Å². The molecule has 1 saturated heterocycles. The molecule has 1 spiro atoms. The molecule has 0 bridgehead atoms. The van der Waals surface area contributed by atoms with E-state index in [0.29, 0.717) is 31.0 Å². The molecule has 1 aromatic carbocycles. The summed E-state index contributed by atoms with van der Waals surface area (Å²) in [7, 11) is 3.20. The molecule has 2 aliphatic rings. The Morgan fingerprint density at radius 2 is 2.04 bits per heavy atom. The first-order valence-corrected chi connectivity index (χ1v) is 8.93. The Bertz CT molecular complexity index is 712. The number of likely N-dealkylation sites (tertiary alicyclic amines) is 1. The third kappa shape index (κ3) is 3.69. The molecule has 1 aromatic rings. The SMILES string of the molecule is C=CC(=O)N1CC2(CC2)C[C@H]1C(=O)NCCc1ccc(OC)c(OC)c1. The molecule has 2 fully saturated rings. The van der Waals surface area contributed by atoms with Crippen molar-refractivity contribution in [2.75, 3.05) is 27.3 Å². The van der Waals surface area contributed by atoms with Gasteiger partial charge in [0.05, 0.1) is 14.2 Å². The van der Waals surface area contributed by atoms with Gasteiger partial charge in [-0.3, -0.25) is 9.59 Å². The van der Waals surface area contributed by atoms with Crippen molar-refractivity contribution in [1.29, 1.82) is 0 Å². The maximum atomic E-state index is 12.6. The van der Waals surface area contributed by atoms with Gasteiger partial charge >= 0.3 is 0 Å². The molecule has 1 aliphatic heterocycles. The van der Waals surface area contributed by atoms with Crippen LogP contribution >= 0.6 is 0 Å². The second-order valence-electron chi connectivity index (χ2n) is 7.12. The van der Waals surface area contributed by atoms with Crippen molar-refractivity contribution in [2.45, 2.75) is 31.7 Å². The molecule has 0 aromatic heterocycles. The van der Waals surface area contributed by atoms with E-state index in [9.17, 15) is 9.59 Å². The maximum absolute atomic E-state index is 12.6. The number of nitrogens with one attached hydrogen (secondary N) is 1. The summed E-state index contributed by atoms with van der Waals surface area (Å²) in [5.74, 6) is 1.11. The van der Waals surface area contributed by atoms with E-state index in [-0.39, 0.29) is 23.3 Å². The predicted molar refractivity (Wildman–Crippen MR) is 98.2 cm³/mol. The van der Waals surface area contributed by atoms with Crippen LogP contribution in [-0.2, 0) is 16.0 Å². The van der Waals surface area contributed by atoms with Crippen LogP contribution in [0.25, 0.3) is 0 Å². The number of hydrogen-bond donors (Lipinski definition) is 1. The Balaban J connectivity index is 1.57. The smallest absolute Gasteiger partial charge is 0.246 e. The summed E-state index contributed by atoms with van der Waals surface area (Å²) in [6, 6.07) is 5.34. The van der Waals surface area contributed by atoms with Gasteiger partial charge in [0.1, 0.15) is 6.04 Å². The standard InChI is InChI=1S/C20H26N2O4/c1-4-18(23)22-13-20(8-9-20)12-15(22)19(24)21-10-7-14-5-6-16(25-2)17(11-14)26-3/h4-6,11,15H,1,7-10,12-13H2,2-3H3,(H,21,24)/t15-/m0/s1. The molecule has 0 radical (unpaired) electrons. The third-order valence-corrected chi connectivity index (χ3v) is 5.39. The van der Waals surface area contributed by atoms with Crippen LogP contribution < -0.4 is 14.8 Å². The van der Waals surface area contributed by atoms with E-state index in [1.165, 1.54) is 6.08 Å². The molecular formula is C20H26N2O4. The molecule has 3 rings (SSSR count). The summed E-state index contributed by atoms with van der Waals surface area (Å²) in [5, 5.41) is 2.97. The summed E-state index contributed by atoms with van der Waals surface area (Å²) in [6.07, 6.45) is 4.94. The quantitative estimate of drug-likeness (QED) is 0.757. The number of nitrogens with zero attached hydrogens (tertiary/aromatic N) is 1. The second-order valence-corrected chi connectivity index (χ2v) is 7.12. The fourth-order valence-corrected chi connectivity index (χ4v) is 3.66. The minimum absolute atomic E-state index is 0.0792. The van der Waals surface area contributed by atoms with Crippen LogP contribution in [0.3, 0.4) is 0 Å². The Morgan fingerprint density at radius 3 is 2.65 bits per heavy atom. The van der Waals surface area contributed by atoms with Crippen LogP contribution in [0.4, 0.5) is 0 Å². The zero-order valence-electron chi connectivity index (χ0n) is 15.4. The van der Waals surface area contributed by atoms with Crippen LogP contribution in [-0.4, -0.2) is 50.1 Å². The maximum Gasteiger partial charge on any atom is 0.246 e. The lowest BCUT2D eigenvalue weighted by atomic mass is 10.0. The normalized spacial score (nSPS) is 19.9. The van der Waals surface area contributed by atoms with Gasteiger partial charge in [-0.05, 0) is 54.9 Å². The fourth-order valence-electron chi connectivity index (χ4n) is 3.66. The molecule has 140 valence electrons. The number of carbonyl (C=O) groups excluding carboxylic acids is 2. The Kier molecular flexibility index (Phi) is 5.20. The Morgan fingerprint density at radius 1 is 1.31 bits per heavy atom. The largest absolute Gasteiger partial charge is 0.493 e. The average molecular weight is 358 g/mol. The molecule has 2 amide bonds. The number of ether oxygens (including phenoxy) is 2. The summed E-state index contributed by atoms with van der Waals surface area (Å²) in [5.41, 5.74) is 1.22. The van der Waals surface area contributed by atoms with Crippen molar-refractivity contribution in [1.82, 2.24) is 10.2 Å². The lowest BCUT2D eigenvalue weighted by Gasteiger charge is -2.22. The number of rotatable bonds is 7. The number of methoxy groups -OCH3 is 2. The molecule has 0 unspecified atom stereocenters. The van der Waals surface area contributed by atoms with Crippen LogP contribution in [0.15, 0.2) is 30.9 Å². The van der Waals surface area contributed by atoms with Crippen molar-refractivity contribution in [3.05, 3.63) is 36.4 Å². The van der Waals surface area contributed by atoms with Gasteiger partial charge in [-0.2, -0.15) is 0 Å². The molecular weight excluding hydrogens is 332 g/mol. The topological polar surface area (TPSA) is 67.9 Å². The zero-order chi connectivity index (χ0) is 18.7. The fraction of sp³-hybridized carbons (Fsp3) is 0.500. The highest BCUT2D eigenvalue weighted by Crippen LogP contribution is 2.54. The van der Waals surface area contributed by atoms with E-state index in [4.69, 9.17) is 9.47 Å². The minimum Gasteiger partial charge on any atom is -0.493 e. The Hall–Kier alpha value is -2.50. The number of benzene rings is 1. The lowest BCUT2D eigenvalue weighted by molar-refractivity contribution is -0.135. The van der Waals surface area contributed by atoms with Crippen LogP contribution in [0.2, 0.25) is 0 Å². The van der Waals surface area contributed by atoms with Gasteiger partial charge in [-0.25, -0.2) is 0 Å². The van der Waals surface area contributed by atoms with Crippen molar-refractivity contribution in [3.63, 3.8) is 0 Å². The van der Waals surface area contributed by atoms with Gasteiger partial charge in [-0.15, -0.1) is 0 Å². The van der Waals surface area contributed by atoms with Crippen molar-refractivity contribution >= 4 is 11.8 Å². The molecule has 1 atom stereocenters. The number of hydrogen-bond acceptors (Lipinski definition) is 4. The molecule has 1 saturated carbocycles. The van der Waals surface area contributed by atoms with Gasteiger partial charge in [0.15, 0.2) is 11.5 Å². The van der Waals surface area contributed by atoms with Crippen molar-refractivity contribution in [3.8, 4) is 11.5 Å². The molecule has 26 heavy (non-hydrogen) atoms. The van der Waals surface area contributed by atoms with E-state index < -0.39 is 0 Å². The summed E-state index contributed by atoms with van der Waals surface area (Å²) in [6.45, 7) is 4.73. The highest BCUT2D eigenvalue weighted by molar-refractivity contribution is 5.93. The summed E-state index contributed by atoms with van der Waals surface area (Å²) >= 11 is 0. The van der Waals surface area contributed by atoms with E-state index >= 15 is 0 Å². The van der Waals surface area contributed by atoms with Crippen LogP contribution in [0.1, 0.15) is 24.8 Å². The second kappa shape index (κ2) is 7.40. The van der Waals surface area contributed by atoms with E-state index in [1.807, 2.05) is 18.2 Å². The average Bonchev–Trinajstić information content (AvgIpc) is 3.30. The zero-order valence-corrected chi connectivity index (χ0v) is 15.4. The van der Waals surface area contributed by atoms with Gasteiger partial charge in [-0.1, -0.05) is 12.6 Å². The van der Waals surface area contributed by atoms with Gasteiger partial charge in [0.2, 0.25) is 11.8 Å². The van der Waals surface area contributed by atoms with Crippen LogP contribution in [0.5, 0.6) is 11.5 Å². The molecule has 1 heterocycles. The molecule has 6 nitrogen and oxygen atoms in total.